The van der Waals surface area contributed by atoms with Crippen LogP contribution in [0, 0.1) is 11.7 Å². The van der Waals surface area contributed by atoms with Crippen LogP contribution in [0.2, 0.25) is 5.02 Å². The summed E-state index contributed by atoms with van der Waals surface area (Å²) >= 11 is 5.56. The zero-order chi connectivity index (χ0) is 13.2. The first-order valence-electron chi connectivity index (χ1n) is 4.93. The van der Waals surface area contributed by atoms with Gasteiger partial charge in [0.25, 0.3) is 0 Å². The first kappa shape index (κ1) is 14.1. The van der Waals surface area contributed by atoms with Gasteiger partial charge in [-0.25, -0.2) is 4.39 Å². The number of halogens is 2. The van der Waals surface area contributed by atoms with Gasteiger partial charge in [-0.05, 0) is 24.1 Å². The second-order valence-corrected chi connectivity index (χ2v) is 5.86. The van der Waals surface area contributed by atoms with Gasteiger partial charge >= 0.3 is 5.97 Å². The van der Waals surface area contributed by atoms with Crippen molar-refractivity contribution in [1.82, 2.24) is 0 Å². The van der Waals surface area contributed by atoms with Crippen LogP contribution in [0.3, 0.4) is 0 Å². The SMILES string of the molecule is CC(C)C(C(=O)O)S(=O)c1ccc(F)c(Cl)c1. The molecular formula is C11H12ClFO3S. The molecule has 0 radical (unpaired) electrons. The fourth-order valence-corrected chi connectivity index (χ4v) is 3.02. The van der Waals surface area contributed by atoms with Crippen LogP contribution in [0.1, 0.15) is 13.8 Å². The molecule has 0 heterocycles. The van der Waals surface area contributed by atoms with Crippen LogP contribution in [0.25, 0.3) is 0 Å². The van der Waals surface area contributed by atoms with Gasteiger partial charge in [-0.1, -0.05) is 25.4 Å². The van der Waals surface area contributed by atoms with Crippen LogP contribution < -0.4 is 0 Å². The average Bonchev–Trinajstić information content (AvgIpc) is 2.20. The van der Waals surface area contributed by atoms with Crippen LogP contribution in [-0.4, -0.2) is 20.5 Å². The fraction of sp³-hybridized carbons (Fsp3) is 0.364. The number of carbonyl (C=O) groups is 1. The van der Waals surface area contributed by atoms with E-state index in [1.807, 2.05) is 0 Å². The topological polar surface area (TPSA) is 54.4 Å². The summed E-state index contributed by atoms with van der Waals surface area (Å²) in [7, 11) is -1.75. The van der Waals surface area contributed by atoms with E-state index in [1.165, 1.54) is 12.1 Å². The molecule has 0 saturated heterocycles. The van der Waals surface area contributed by atoms with E-state index in [4.69, 9.17) is 16.7 Å². The molecule has 0 aliphatic rings. The third kappa shape index (κ3) is 3.26. The summed E-state index contributed by atoms with van der Waals surface area (Å²) < 4.78 is 25.0. The first-order valence-corrected chi connectivity index (χ1v) is 6.52. The Balaban J connectivity index is 3.10. The number of hydrogen-bond acceptors (Lipinski definition) is 2. The van der Waals surface area contributed by atoms with Gasteiger partial charge in [-0.15, -0.1) is 0 Å². The van der Waals surface area contributed by atoms with Crippen molar-refractivity contribution in [3.8, 4) is 0 Å². The lowest BCUT2D eigenvalue weighted by Gasteiger charge is -2.15. The molecule has 1 aromatic rings. The van der Waals surface area contributed by atoms with Crippen LogP contribution in [0.5, 0.6) is 0 Å². The molecule has 0 aliphatic carbocycles. The molecule has 1 rings (SSSR count). The minimum absolute atomic E-state index is 0.163. The summed E-state index contributed by atoms with van der Waals surface area (Å²) in [5.41, 5.74) is 0. The van der Waals surface area contributed by atoms with Gasteiger partial charge in [0.15, 0.2) is 0 Å². The molecule has 0 aromatic heterocycles. The lowest BCUT2D eigenvalue weighted by atomic mass is 10.1. The molecule has 3 nitrogen and oxygen atoms in total. The highest BCUT2D eigenvalue weighted by atomic mass is 35.5. The Morgan fingerprint density at radius 3 is 2.47 bits per heavy atom. The Bertz CT molecular complexity index is 462. The summed E-state index contributed by atoms with van der Waals surface area (Å²) in [5, 5.41) is 7.80. The number of benzene rings is 1. The second kappa shape index (κ2) is 5.60. The van der Waals surface area contributed by atoms with E-state index in [2.05, 4.69) is 0 Å². The minimum Gasteiger partial charge on any atom is -0.480 e. The van der Waals surface area contributed by atoms with E-state index in [0.29, 0.717) is 0 Å². The van der Waals surface area contributed by atoms with E-state index in [9.17, 15) is 13.4 Å². The molecule has 0 amide bonds. The molecule has 17 heavy (non-hydrogen) atoms. The van der Waals surface area contributed by atoms with Gasteiger partial charge in [0, 0.05) is 4.90 Å². The Morgan fingerprint density at radius 2 is 2.06 bits per heavy atom. The van der Waals surface area contributed by atoms with E-state index < -0.39 is 27.8 Å². The Hall–Kier alpha value is -0.940. The smallest absolute Gasteiger partial charge is 0.319 e. The van der Waals surface area contributed by atoms with Gasteiger partial charge in [-0.2, -0.15) is 0 Å². The molecule has 0 aliphatic heterocycles. The van der Waals surface area contributed by atoms with Gasteiger partial charge in [0.05, 0.1) is 15.8 Å². The number of hydrogen-bond donors (Lipinski definition) is 1. The first-order chi connectivity index (χ1) is 7.84. The predicted molar refractivity (Wildman–Crippen MR) is 64.1 cm³/mol. The molecule has 0 bridgehead atoms. The summed E-state index contributed by atoms with van der Waals surface area (Å²) in [6.45, 7) is 3.34. The number of rotatable bonds is 4. The normalized spacial score (nSPS) is 14.6. The van der Waals surface area contributed by atoms with Gasteiger partial charge in [-0.3, -0.25) is 9.00 Å². The van der Waals surface area contributed by atoms with Gasteiger partial charge in [0.2, 0.25) is 0 Å². The zero-order valence-corrected chi connectivity index (χ0v) is 10.9. The number of aliphatic carboxylic acids is 1. The number of carboxylic acid groups (broad SMARTS) is 1. The van der Waals surface area contributed by atoms with Crippen molar-refractivity contribution >= 4 is 28.4 Å². The molecular weight excluding hydrogens is 267 g/mol. The molecule has 2 unspecified atom stereocenters. The maximum atomic E-state index is 12.9. The molecule has 2 atom stereocenters. The second-order valence-electron chi connectivity index (χ2n) is 3.88. The van der Waals surface area contributed by atoms with E-state index >= 15 is 0 Å². The van der Waals surface area contributed by atoms with Crippen LogP contribution in [0.15, 0.2) is 23.1 Å². The molecule has 0 spiro atoms. The number of carboxylic acids is 1. The summed E-state index contributed by atoms with van der Waals surface area (Å²) in [4.78, 5) is 11.2. The van der Waals surface area contributed by atoms with Crippen LogP contribution >= 0.6 is 11.6 Å². The zero-order valence-electron chi connectivity index (χ0n) is 9.31. The van der Waals surface area contributed by atoms with Crippen molar-refractivity contribution in [2.24, 2.45) is 5.92 Å². The standard InChI is InChI=1S/C11H12ClFO3S/c1-6(2)10(11(14)15)17(16)7-3-4-9(13)8(12)5-7/h3-6,10H,1-2H3,(H,14,15). The Labute approximate surface area is 106 Å². The van der Waals surface area contributed by atoms with Crippen molar-refractivity contribution < 1.29 is 18.5 Å². The van der Waals surface area contributed by atoms with Crippen LogP contribution in [-0.2, 0) is 15.6 Å². The van der Waals surface area contributed by atoms with E-state index in [1.54, 1.807) is 13.8 Å². The minimum atomic E-state index is -1.75. The molecule has 94 valence electrons. The lowest BCUT2D eigenvalue weighted by Crippen LogP contribution is -2.31. The highest BCUT2D eigenvalue weighted by Gasteiger charge is 2.29. The molecule has 1 N–H and O–H groups in total. The highest BCUT2D eigenvalue weighted by Crippen LogP contribution is 2.22. The molecule has 0 saturated carbocycles. The third-order valence-electron chi connectivity index (χ3n) is 2.20. The summed E-state index contributed by atoms with van der Waals surface area (Å²) in [6.07, 6.45) is 0. The van der Waals surface area contributed by atoms with E-state index in [0.717, 1.165) is 6.07 Å². The molecule has 1 aromatic carbocycles. The predicted octanol–water partition coefficient (Wildman–Crippen LogP) is 2.70. The maximum Gasteiger partial charge on any atom is 0.319 e. The molecule has 6 heteroatoms. The maximum absolute atomic E-state index is 12.9. The van der Waals surface area contributed by atoms with Crippen molar-refractivity contribution in [3.05, 3.63) is 29.0 Å². The van der Waals surface area contributed by atoms with Gasteiger partial charge < -0.3 is 5.11 Å². The van der Waals surface area contributed by atoms with Crippen molar-refractivity contribution in [2.45, 2.75) is 24.0 Å². The Morgan fingerprint density at radius 1 is 1.47 bits per heavy atom. The van der Waals surface area contributed by atoms with Crippen molar-refractivity contribution in [2.75, 3.05) is 0 Å². The average molecular weight is 279 g/mol. The Kier molecular flexibility index (Phi) is 4.65. The van der Waals surface area contributed by atoms with E-state index in [-0.39, 0.29) is 15.8 Å². The van der Waals surface area contributed by atoms with Crippen LogP contribution in [0.4, 0.5) is 4.39 Å². The monoisotopic (exact) mass is 278 g/mol. The quantitative estimate of drug-likeness (QED) is 0.921. The summed E-state index contributed by atoms with van der Waals surface area (Å²) in [6, 6.07) is 3.57. The summed E-state index contributed by atoms with van der Waals surface area (Å²) in [5.74, 6) is -2.06. The van der Waals surface area contributed by atoms with Crippen molar-refractivity contribution in [1.29, 1.82) is 0 Å². The largest absolute Gasteiger partial charge is 0.480 e. The molecule has 0 fully saturated rings. The third-order valence-corrected chi connectivity index (χ3v) is 4.42. The van der Waals surface area contributed by atoms with Gasteiger partial charge in [0.1, 0.15) is 11.1 Å². The lowest BCUT2D eigenvalue weighted by molar-refractivity contribution is -0.137. The van der Waals surface area contributed by atoms with Crippen molar-refractivity contribution in [3.63, 3.8) is 0 Å². The highest BCUT2D eigenvalue weighted by molar-refractivity contribution is 7.86. The fourth-order valence-electron chi connectivity index (χ4n) is 1.37.